The van der Waals surface area contributed by atoms with Gasteiger partial charge in [-0.05, 0) is 24.4 Å². The van der Waals surface area contributed by atoms with Gasteiger partial charge in [-0.15, -0.1) is 0 Å². The average molecular weight is 456 g/mol. The fraction of sp³-hybridized carbons (Fsp3) is 0.190. The van der Waals surface area contributed by atoms with E-state index in [0.717, 1.165) is 22.6 Å². The SMILES string of the molecule is C=NC(=N/C(N)=C(\CN)N(C)C(=O)OC)c1nn(Cc2cccnc2)c2c(F)cc(F)cc12. The number of ether oxygens (including phenoxy) is 1. The standard InChI is InChI=1S/C21H22F2N8O2/c1-26-20(28-19(25)16(9-24)30(2)21(32)33-3)17-14-7-13(22)8-15(23)18(14)31(29-17)11-12-5-4-6-27-10-12/h4-8,10H,1,9,11,24-25H2,2-3H3/b19-16+,28-20?. The van der Waals surface area contributed by atoms with E-state index >= 15 is 0 Å². The number of benzene rings is 1. The highest BCUT2D eigenvalue weighted by molar-refractivity contribution is 6.10. The zero-order valence-electron chi connectivity index (χ0n) is 18.0. The summed E-state index contributed by atoms with van der Waals surface area (Å²) in [6, 6.07) is 5.40. The van der Waals surface area contributed by atoms with Crippen LogP contribution in [0.2, 0.25) is 0 Å². The highest BCUT2D eigenvalue weighted by Crippen LogP contribution is 2.25. The van der Waals surface area contributed by atoms with Gasteiger partial charge in [0.15, 0.2) is 11.7 Å². The van der Waals surface area contributed by atoms with Gasteiger partial charge in [0.1, 0.15) is 22.8 Å². The van der Waals surface area contributed by atoms with Crippen LogP contribution in [-0.4, -0.2) is 59.0 Å². The summed E-state index contributed by atoms with van der Waals surface area (Å²) in [5, 5.41) is 4.51. The van der Waals surface area contributed by atoms with Gasteiger partial charge in [0, 0.05) is 37.4 Å². The molecule has 0 aliphatic heterocycles. The largest absolute Gasteiger partial charge is 0.452 e. The molecular weight excluding hydrogens is 434 g/mol. The Balaban J connectivity index is 2.19. The van der Waals surface area contributed by atoms with Crippen LogP contribution in [0.3, 0.4) is 0 Å². The van der Waals surface area contributed by atoms with Crippen LogP contribution in [0, 0.1) is 11.6 Å². The van der Waals surface area contributed by atoms with Crippen molar-refractivity contribution in [3.05, 3.63) is 71.1 Å². The fourth-order valence-corrected chi connectivity index (χ4v) is 3.18. The van der Waals surface area contributed by atoms with Crippen LogP contribution in [0.5, 0.6) is 0 Å². The van der Waals surface area contributed by atoms with Crippen molar-refractivity contribution in [2.24, 2.45) is 21.5 Å². The van der Waals surface area contributed by atoms with Crippen molar-refractivity contribution in [3.8, 4) is 0 Å². The van der Waals surface area contributed by atoms with Crippen LogP contribution in [0.4, 0.5) is 13.6 Å². The highest BCUT2D eigenvalue weighted by Gasteiger charge is 2.21. The van der Waals surface area contributed by atoms with Gasteiger partial charge in [0.2, 0.25) is 0 Å². The summed E-state index contributed by atoms with van der Waals surface area (Å²) in [6.45, 7) is 3.48. The van der Waals surface area contributed by atoms with Crippen LogP contribution in [0.1, 0.15) is 11.3 Å². The zero-order valence-corrected chi connectivity index (χ0v) is 18.0. The Kier molecular flexibility index (Phi) is 7.08. The quantitative estimate of drug-likeness (QED) is 0.430. The van der Waals surface area contributed by atoms with E-state index in [9.17, 15) is 13.6 Å². The second-order valence-corrected chi connectivity index (χ2v) is 6.81. The lowest BCUT2D eigenvalue weighted by Gasteiger charge is -2.18. The number of likely N-dealkylation sites (N-methyl/N-ethyl adjacent to an activating group) is 1. The van der Waals surface area contributed by atoms with Crippen LogP contribution in [0.25, 0.3) is 10.9 Å². The molecule has 0 saturated carbocycles. The van der Waals surface area contributed by atoms with Crippen LogP contribution in [0.15, 0.2) is 58.2 Å². The van der Waals surface area contributed by atoms with Crippen molar-refractivity contribution in [3.63, 3.8) is 0 Å². The van der Waals surface area contributed by atoms with Crippen molar-refractivity contribution >= 4 is 29.5 Å². The normalized spacial score (nSPS) is 12.5. The van der Waals surface area contributed by atoms with E-state index in [-0.39, 0.29) is 47.0 Å². The molecule has 3 aromatic rings. The molecule has 1 aromatic carbocycles. The Morgan fingerprint density at radius 1 is 1.36 bits per heavy atom. The Hall–Kier alpha value is -4.19. The molecule has 0 unspecified atom stereocenters. The maximum atomic E-state index is 14.8. The molecule has 0 atom stereocenters. The van der Waals surface area contributed by atoms with Crippen molar-refractivity contribution in [2.75, 3.05) is 20.7 Å². The molecule has 0 bridgehead atoms. The highest BCUT2D eigenvalue weighted by atomic mass is 19.1. The number of nitrogens with zero attached hydrogens (tertiary/aromatic N) is 6. The smallest absolute Gasteiger partial charge is 0.413 e. The minimum Gasteiger partial charge on any atom is -0.452 e. The molecule has 0 saturated heterocycles. The van der Waals surface area contributed by atoms with Gasteiger partial charge < -0.3 is 16.2 Å². The van der Waals surface area contributed by atoms with E-state index in [1.165, 1.54) is 18.8 Å². The molecule has 2 heterocycles. The number of aromatic nitrogens is 3. The third-order valence-electron chi connectivity index (χ3n) is 4.75. The predicted molar refractivity (Wildman–Crippen MR) is 120 cm³/mol. The van der Waals surface area contributed by atoms with Gasteiger partial charge in [0.25, 0.3) is 0 Å². The molecule has 2 aromatic heterocycles. The first-order valence-corrected chi connectivity index (χ1v) is 9.61. The number of aliphatic imine (C=N–C) groups is 2. The summed E-state index contributed by atoms with van der Waals surface area (Å²) in [5.41, 5.74) is 12.7. The summed E-state index contributed by atoms with van der Waals surface area (Å²) >= 11 is 0. The van der Waals surface area contributed by atoms with Gasteiger partial charge >= 0.3 is 6.09 Å². The minimum atomic E-state index is -0.812. The first-order chi connectivity index (χ1) is 15.8. The summed E-state index contributed by atoms with van der Waals surface area (Å²) in [6.07, 6.45) is 2.50. The number of nitrogens with two attached hydrogens (primary N) is 2. The Bertz CT molecular complexity index is 1250. The number of hydrogen-bond donors (Lipinski definition) is 2. The monoisotopic (exact) mass is 456 g/mol. The van der Waals surface area contributed by atoms with Crippen LogP contribution >= 0.6 is 0 Å². The number of carbonyl (C=O) groups excluding carboxylic acids is 1. The van der Waals surface area contributed by atoms with Crippen molar-refractivity contribution in [1.29, 1.82) is 0 Å². The van der Waals surface area contributed by atoms with E-state index in [0.29, 0.717) is 0 Å². The van der Waals surface area contributed by atoms with Gasteiger partial charge in [-0.2, -0.15) is 5.10 Å². The maximum Gasteiger partial charge on any atom is 0.413 e. The zero-order chi connectivity index (χ0) is 24.1. The molecule has 1 amide bonds. The second-order valence-electron chi connectivity index (χ2n) is 6.81. The number of amidine groups is 1. The summed E-state index contributed by atoms with van der Waals surface area (Å²) in [4.78, 5) is 25.0. The lowest BCUT2D eigenvalue weighted by Crippen LogP contribution is -2.32. The molecular formula is C21H22F2N8O2. The number of amides is 1. The molecule has 0 radical (unpaired) electrons. The molecule has 0 aliphatic carbocycles. The van der Waals surface area contributed by atoms with E-state index in [1.54, 1.807) is 24.5 Å². The molecule has 0 spiro atoms. The summed E-state index contributed by atoms with van der Waals surface area (Å²) < 4.78 is 34.8. The molecule has 0 aliphatic rings. The second kappa shape index (κ2) is 9.96. The van der Waals surface area contributed by atoms with E-state index in [1.807, 2.05) is 0 Å². The van der Waals surface area contributed by atoms with Gasteiger partial charge in [-0.3, -0.25) is 14.6 Å². The minimum absolute atomic E-state index is 0.0416. The summed E-state index contributed by atoms with van der Waals surface area (Å²) in [7, 11) is 2.60. The van der Waals surface area contributed by atoms with Crippen molar-refractivity contribution in [1.82, 2.24) is 19.7 Å². The number of pyridine rings is 1. The van der Waals surface area contributed by atoms with Gasteiger partial charge in [-0.25, -0.2) is 23.6 Å². The van der Waals surface area contributed by atoms with Gasteiger partial charge in [-0.1, -0.05) is 6.07 Å². The van der Waals surface area contributed by atoms with Crippen LogP contribution < -0.4 is 11.5 Å². The van der Waals surface area contributed by atoms with Crippen molar-refractivity contribution < 1.29 is 18.3 Å². The molecule has 12 heteroatoms. The number of halogens is 2. The third kappa shape index (κ3) is 4.85. The number of fused-ring (bicyclic) bond motifs is 1. The third-order valence-corrected chi connectivity index (χ3v) is 4.75. The topological polar surface area (TPSA) is 137 Å². The molecule has 0 fully saturated rings. The first-order valence-electron chi connectivity index (χ1n) is 9.61. The number of rotatable bonds is 6. The molecule has 3 rings (SSSR count). The maximum absolute atomic E-state index is 14.8. The van der Waals surface area contributed by atoms with Crippen LogP contribution in [-0.2, 0) is 11.3 Å². The number of methoxy groups -OCH3 is 1. The van der Waals surface area contributed by atoms with Gasteiger partial charge in [0.05, 0.1) is 19.4 Å². The Morgan fingerprint density at radius 3 is 2.73 bits per heavy atom. The lowest BCUT2D eigenvalue weighted by atomic mass is 10.2. The number of carbonyl (C=O) groups is 1. The van der Waals surface area contributed by atoms with E-state index in [2.05, 4.69) is 31.5 Å². The Labute approximate surface area is 187 Å². The lowest BCUT2D eigenvalue weighted by molar-refractivity contribution is 0.143. The molecule has 172 valence electrons. The van der Waals surface area contributed by atoms with E-state index < -0.39 is 17.7 Å². The average Bonchev–Trinajstić information content (AvgIpc) is 3.15. The molecule has 4 N–H and O–H groups in total. The molecule has 33 heavy (non-hydrogen) atoms. The Morgan fingerprint density at radius 2 is 2.12 bits per heavy atom. The number of hydrogen-bond acceptors (Lipinski definition) is 7. The first kappa shape index (κ1) is 23.5. The predicted octanol–water partition coefficient (Wildman–Crippen LogP) is 1.99. The fourth-order valence-electron chi connectivity index (χ4n) is 3.18. The molecule has 10 nitrogen and oxygen atoms in total. The summed E-state index contributed by atoms with van der Waals surface area (Å²) in [5.74, 6) is -1.90. The van der Waals surface area contributed by atoms with Crippen molar-refractivity contribution in [2.45, 2.75) is 6.54 Å². The van der Waals surface area contributed by atoms with E-state index in [4.69, 9.17) is 11.5 Å².